The Hall–Kier alpha value is -2.99. The molecule has 1 atom stereocenters. The summed E-state index contributed by atoms with van der Waals surface area (Å²) in [4.78, 5) is 39.0. The third-order valence-electron chi connectivity index (χ3n) is 6.76. The van der Waals surface area contributed by atoms with E-state index in [0.717, 1.165) is 43.6 Å². The van der Waals surface area contributed by atoms with Crippen molar-refractivity contribution in [3.63, 3.8) is 0 Å². The zero-order chi connectivity index (χ0) is 21.8. The minimum absolute atomic E-state index is 0.146. The third-order valence-corrected chi connectivity index (χ3v) is 6.76. The maximum Gasteiger partial charge on any atom is 0.337 e. The first-order valence-corrected chi connectivity index (χ1v) is 10.8. The van der Waals surface area contributed by atoms with Gasteiger partial charge in [0.2, 0.25) is 11.8 Å². The molecule has 2 saturated heterocycles. The molecule has 2 aliphatic rings. The van der Waals surface area contributed by atoms with E-state index in [0.29, 0.717) is 18.4 Å². The van der Waals surface area contributed by atoms with Crippen LogP contribution >= 0.6 is 0 Å². The van der Waals surface area contributed by atoms with Crippen LogP contribution in [0.3, 0.4) is 0 Å². The minimum atomic E-state index is -0.635. The van der Waals surface area contributed by atoms with Gasteiger partial charge >= 0.3 is 5.97 Å². The number of imide groups is 1. The molecular formula is C25H28N2O4. The van der Waals surface area contributed by atoms with Crippen LogP contribution in [0.15, 0.2) is 54.6 Å². The van der Waals surface area contributed by atoms with Gasteiger partial charge in [0, 0.05) is 13.0 Å². The van der Waals surface area contributed by atoms with Crippen LogP contribution in [0.5, 0.6) is 0 Å². The lowest BCUT2D eigenvalue weighted by atomic mass is 9.62. The first-order chi connectivity index (χ1) is 15.0. The summed E-state index contributed by atoms with van der Waals surface area (Å²) in [6, 6.07) is 17.4. The van der Waals surface area contributed by atoms with Gasteiger partial charge in [0.1, 0.15) is 0 Å². The zero-order valence-corrected chi connectivity index (χ0v) is 17.8. The van der Waals surface area contributed by atoms with Gasteiger partial charge in [0.25, 0.3) is 0 Å². The summed E-state index contributed by atoms with van der Waals surface area (Å²) in [5.41, 5.74) is 2.07. The van der Waals surface area contributed by atoms with Crippen molar-refractivity contribution in [1.82, 2.24) is 10.2 Å². The highest BCUT2D eigenvalue weighted by Crippen LogP contribution is 2.44. The number of likely N-dealkylation sites (tertiary alicyclic amines) is 1. The summed E-state index contributed by atoms with van der Waals surface area (Å²) in [6.07, 6.45) is 2.75. The van der Waals surface area contributed by atoms with Crippen LogP contribution in [-0.4, -0.2) is 42.9 Å². The largest absolute Gasteiger partial charge is 0.465 e. The van der Waals surface area contributed by atoms with Crippen molar-refractivity contribution in [3.8, 4) is 0 Å². The molecule has 0 bridgehead atoms. The van der Waals surface area contributed by atoms with Crippen molar-refractivity contribution in [2.45, 2.75) is 37.6 Å². The maximum absolute atomic E-state index is 13.1. The Balaban J connectivity index is 1.45. The van der Waals surface area contributed by atoms with Crippen molar-refractivity contribution >= 4 is 17.8 Å². The average Bonchev–Trinajstić information content (AvgIpc) is 2.81. The summed E-state index contributed by atoms with van der Waals surface area (Å²) in [6.45, 7) is 2.58. The molecule has 2 aromatic rings. The monoisotopic (exact) mass is 420 g/mol. The molecule has 2 aromatic carbocycles. The Labute approximate surface area is 182 Å². The molecule has 4 rings (SSSR count). The highest BCUT2D eigenvalue weighted by atomic mass is 16.5. The SMILES string of the molecule is COC(=O)c1ccc(CN2CCC(C3(c4ccccc4)CCC(=O)NC3=O)CC2)cc1. The van der Waals surface area contributed by atoms with Gasteiger partial charge in [-0.25, -0.2) is 4.79 Å². The molecule has 2 fully saturated rings. The van der Waals surface area contributed by atoms with E-state index in [2.05, 4.69) is 10.2 Å². The lowest BCUT2D eigenvalue weighted by molar-refractivity contribution is -0.140. The normalized spacial score (nSPS) is 22.7. The standard InChI is InChI=1S/C25H28N2O4/c1-31-23(29)19-9-7-18(8-10-19)17-27-15-12-21(13-16-27)25(20-5-3-2-4-6-20)14-11-22(28)26-24(25)30/h2-10,21H,11-17H2,1H3,(H,26,28,30). The van der Waals surface area contributed by atoms with E-state index in [1.165, 1.54) is 7.11 Å². The van der Waals surface area contributed by atoms with E-state index >= 15 is 0 Å². The van der Waals surface area contributed by atoms with E-state index in [-0.39, 0.29) is 23.7 Å². The molecule has 2 amide bonds. The van der Waals surface area contributed by atoms with Crippen molar-refractivity contribution in [1.29, 1.82) is 0 Å². The number of hydrogen-bond donors (Lipinski definition) is 1. The molecule has 162 valence electrons. The van der Waals surface area contributed by atoms with Gasteiger partial charge in [-0.3, -0.25) is 19.8 Å². The minimum Gasteiger partial charge on any atom is -0.465 e. The Morgan fingerprint density at radius 3 is 2.35 bits per heavy atom. The van der Waals surface area contributed by atoms with Crippen LogP contribution in [-0.2, 0) is 26.3 Å². The van der Waals surface area contributed by atoms with Crippen LogP contribution in [0, 0.1) is 5.92 Å². The molecule has 0 aromatic heterocycles. The molecule has 0 spiro atoms. The topological polar surface area (TPSA) is 75.7 Å². The molecule has 2 aliphatic heterocycles. The van der Waals surface area contributed by atoms with Crippen LogP contribution < -0.4 is 5.32 Å². The number of benzene rings is 2. The summed E-state index contributed by atoms with van der Waals surface area (Å²) in [5, 5.41) is 2.61. The molecule has 1 N–H and O–H groups in total. The number of nitrogens with one attached hydrogen (secondary N) is 1. The highest BCUT2D eigenvalue weighted by Gasteiger charge is 2.50. The van der Waals surface area contributed by atoms with E-state index in [4.69, 9.17) is 4.74 Å². The van der Waals surface area contributed by atoms with Crippen molar-refractivity contribution in [2.75, 3.05) is 20.2 Å². The van der Waals surface area contributed by atoms with Gasteiger partial charge in [-0.15, -0.1) is 0 Å². The van der Waals surface area contributed by atoms with E-state index in [1.807, 2.05) is 42.5 Å². The number of piperidine rings is 2. The van der Waals surface area contributed by atoms with Gasteiger partial charge in [-0.1, -0.05) is 42.5 Å². The van der Waals surface area contributed by atoms with Crippen LogP contribution in [0.4, 0.5) is 0 Å². The maximum atomic E-state index is 13.1. The molecule has 0 aliphatic carbocycles. The number of rotatable bonds is 5. The smallest absolute Gasteiger partial charge is 0.337 e. The highest BCUT2D eigenvalue weighted by molar-refractivity contribution is 6.03. The van der Waals surface area contributed by atoms with E-state index < -0.39 is 5.41 Å². The number of hydrogen-bond acceptors (Lipinski definition) is 5. The molecule has 2 heterocycles. The summed E-state index contributed by atoms with van der Waals surface area (Å²) in [5.74, 6) is -0.458. The fourth-order valence-corrected chi connectivity index (χ4v) is 5.07. The fraction of sp³-hybridized carbons (Fsp3) is 0.400. The predicted molar refractivity (Wildman–Crippen MR) is 116 cm³/mol. The zero-order valence-electron chi connectivity index (χ0n) is 17.8. The average molecular weight is 421 g/mol. The second-order valence-corrected chi connectivity index (χ2v) is 8.45. The van der Waals surface area contributed by atoms with Gasteiger partial charge in [0.05, 0.1) is 18.1 Å². The van der Waals surface area contributed by atoms with E-state index in [1.54, 1.807) is 12.1 Å². The van der Waals surface area contributed by atoms with Crippen molar-refractivity contribution < 1.29 is 19.1 Å². The lowest BCUT2D eigenvalue weighted by Crippen LogP contribution is -2.57. The molecule has 6 nitrogen and oxygen atoms in total. The number of carbonyl (C=O) groups excluding carboxylic acids is 3. The summed E-state index contributed by atoms with van der Waals surface area (Å²) in [7, 11) is 1.38. The fourth-order valence-electron chi connectivity index (χ4n) is 5.07. The van der Waals surface area contributed by atoms with Gasteiger partial charge in [-0.05, 0) is 61.5 Å². The lowest BCUT2D eigenvalue weighted by Gasteiger charge is -2.45. The Bertz CT molecular complexity index is 949. The molecule has 1 unspecified atom stereocenters. The number of amides is 2. The molecule has 0 saturated carbocycles. The van der Waals surface area contributed by atoms with Crippen LogP contribution in [0.25, 0.3) is 0 Å². The second-order valence-electron chi connectivity index (χ2n) is 8.45. The number of nitrogens with zero attached hydrogens (tertiary/aromatic N) is 1. The Morgan fingerprint density at radius 2 is 1.74 bits per heavy atom. The molecule has 0 radical (unpaired) electrons. The van der Waals surface area contributed by atoms with Crippen molar-refractivity contribution in [3.05, 3.63) is 71.3 Å². The first kappa shape index (κ1) is 21.2. The number of methoxy groups -OCH3 is 1. The van der Waals surface area contributed by atoms with Gasteiger partial charge in [-0.2, -0.15) is 0 Å². The van der Waals surface area contributed by atoms with E-state index in [9.17, 15) is 14.4 Å². The quantitative estimate of drug-likeness (QED) is 0.594. The number of esters is 1. The Kier molecular flexibility index (Phi) is 6.18. The van der Waals surface area contributed by atoms with Gasteiger partial charge < -0.3 is 4.74 Å². The molecule has 31 heavy (non-hydrogen) atoms. The van der Waals surface area contributed by atoms with Gasteiger partial charge in [0.15, 0.2) is 0 Å². The molecule has 6 heteroatoms. The number of ether oxygens (including phenoxy) is 1. The first-order valence-electron chi connectivity index (χ1n) is 10.8. The summed E-state index contributed by atoms with van der Waals surface area (Å²) < 4.78 is 4.75. The second kappa shape index (κ2) is 9.02. The Morgan fingerprint density at radius 1 is 1.06 bits per heavy atom. The van der Waals surface area contributed by atoms with Crippen LogP contribution in [0.1, 0.15) is 47.2 Å². The third kappa shape index (κ3) is 4.26. The summed E-state index contributed by atoms with van der Waals surface area (Å²) >= 11 is 0. The number of carbonyl (C=O) groups is 3. The molecular weight excluding hydrogens is 392 g/mol. The predicted octanol–water partition coefficient (Wildman–Crippen LogP) is 3.06. The van der Waals surface area contributed by atoms with Crippen LogP contribution in [0.2, 0.25) is 0 Å². The van der Waals surface area contributed by atoms with Crippen molar-refractivity contribution in [2.24, 2.45) is 5.92 Å².